The first-order valence-corrected chi connectivity index (χ1v) is 19.1. The van der Waals surface area contributed by atoms with Gasteiger partial charge in [0, 0.05) is 51.4 Å². The molecule has 284 valence electrons. The van der Waals surface area contributed by atoms with Crippen LogP contribution in [0.1, 0.15) is 74.4 Å². The highest BCUT2D eigenvalue weighted by atomic mass is 16.5. The highest BCUT2D eigenvalue weighted by Crippen LogP contribution is 2.45. The van der Waals surface area contributed by atoms with Crippen molar-refractivity contribution in [2.45, 2.75) is 84.1 Å². The first kappa shape index (κ1) is 38.0. The molecule has 3 aromatic rings. The number of aromatic nitrogens is 2. The fourth-order valence-electron chi connectivity index (χ4n) is 8.00. The van der Waals surface area contributed by atoms with Crippen LogP contribution in [-0.4, -0.2) is 101 Å². The smallest absolute Gasteiger partial charge is 0.257 e. The Hall–Kier alpha value is -4.71. The number of amides is 4. The van der Waals surface area contributed by atoms with Crippen LogP contribution in [0.15, 0.2) is 67.0 Å². The molecule has 3 aliphatic rings. The van der Waals surface area contributed by atoms with Crippen molar-refractivity contribution >= 4 is 23.6 Å². The highest BCUT2D eigenvalue weighted by Gasteiger charge is 2.59. The van der Waals surface area contributed by atoms with Gasteiger partial charge in [0.25, 0.3) is 5.91 Å². The maximum absolute atomic E-state index is 14.3. The van der Waals surface area contributed by atoms with Crippen LogP contribution in [0.25, 0.3) is 0 Å². The number of carbonyl (C=O) groups excluding carboxylic acids is 4. The number of ether oxygens (including phenoxy) is 2. The van der Waals surface area contributed by atoms with Crippen molar-refractivity contribution in [3.8, 4) is 5.75 Å². The molecule has 3 atom stereocenters. The Labute approximate surface area is 312 Å². The molecule has 53 heavy (non-hydrogen) atoms. The highest BCUT2D eigenvalue weighted by molar-refractivity contribution is 5.95. The van der Waals surface area contributed by atoms with E-state index in [1.165, 1.54) is 19.3 Å². The minimum atomic E-state index is -0.908. The summed E-state index contributed by atoms with van der Waals surface area (Å²) in [7, 11) is 1.55. The maximum atomic E-state index is 14.3. The molecule has 0 unspecified atom stereocenters. The fraction of sp³-hybridized carbons (Fsp3) is 0.537. The predicted molar refractivity (Wildman–Crippen MR) is 200 cm³/mol. The summed E-state index contributed by atoms with van der Waals surface area (Å²) in [4.78, 5) is 58.3. The lowest BCUT2D eigenvalue weighted by atomic mass is 9.71. The first-order chi connectivity index (χ1) is 25.5. The molecule has 12 heteroatoms. The van der Waals surface area contributed by atoms with Gasteiger partial charge < -0.3 is 29.9 Å². The van der Waals surface area contributed by atoms with Crippen LogP contribution in [0.2, 0.25) is 0 Å². The second-order valence-corrected chi connectivity index (χ2v) is 15.4. The quantitative estimate of drug-likeness (QED) is 0.256. The van der Waals surface area contributed by atoms with Gasteiger partial charge in [-0.3, -0.25) is 23.9 Å². The zero-order valence-electron chi connectivity index (χ0n) is 31.5. The molecule has 1 aromatic heterocycles. The van der Waals surface area contributed by atoms with E-state index in [4.69, 9.17) is 9.47 Å². The van der Waals surface area contributed by atoms with E-state index in [-0.39, 0.29) is 42.7 Å². The Kier molecular flexibility index (Phi) is 12.2. The Morgan fingerprint density at radius 1 is 0.906 bits per heavy atom. The lowest BCUT2D eigenvalue weighted by Crippen LogP contribution is -2.65. The van der Waals surface area contributed by atoms with Crippen LogP contribution in [0.3, 0.4) is 0 Å². The monoisotopic (exact) mass is 726 g/mol. The van der Waals surface area contributed by atoms with Crippen LogP contribution in [0, 0.1) is 17.3 Å². The van der Waals surface area contributed by atoms with Crippen LogP contribution < -0.4 is 15.4 Å². The molecule has 12 nitrogen and oxygen atoms in total. The summed E-state index contributed by atoms with van der Waals surface area (Å²) in [5, 5.41) is 10.1. The van der Waals surface area contributed by atoms with E-state index in [1.807, 2.05) is 75.4 Å². The lowest BCUT2D eigenvalue weighted by molar-refractivity contribution is -0.150. The predicted octanol–water partition coefficient (Wildman–Crippen LogP) is 4.08. The summed E-state index contributed by atoms with van der Waals surface area (Å²) < 4.78 is 13.7. The molecule has 4 amide bonds. The van der Waals surface area contributed by atoms with Gasteiger partial charge in [0.05, 0.1) is 42.9 Å². The van der Waals surface area contributed by atoms with Gasteiger partial charge in [-0.2, -0.15) is 5.10 Å². The zero-order valence-corrected chi connectivity index (χ0v) is 31.5. The SMILES string of the molecule is CNC(=O)[C@@H](NC(=O)[C@@H]1CN(C(=O)c2cnn(Cc3ccccc3)c2)CC12CN(C(=O)Cc1ccc(OC(C)C)cc1)C2)[C@@H](C)OCC1CCCCC1. The molecule has 1 aliphatic carbocycles. The normalized spacial score (nSPS) is 19.5. The van der Waals surface area contributed by atoms with E-state index >= 15 is 0 Å². The Morgan fingerprint density at radius 3 is 2.28 bits per heavy atom. The van der Waals surface area contributed by atoms with Crippen molar-refractivity contribution in [3.05, 3.63) is 83.7 Å². The number of hydrogen-bond acceptors (Lipinski definition) is 7. The number of likely N-dealkylation sites (tertiary alicyclic amines) is 2. The molecule has 3 fully saturated rings. The molecule has 1 saturated carbocycles. The molecule has 0 radical (unpaired) electrons. The topological polar surface area (TPSA) is 135 Å². The zero-order chi connectivity index (χ0) is 37.5. The van der Waals surface area contributed by atoms with Crippen LogP contribution in [0.4, 0.5) is 0 Å². The maximum Gasteiger partial charge on any atom is 0.257 e. The van der Waals surface area contributed by atoms with Gasteiger partial charge in [-0.15, -0.1) is 0 Å². The number of likely N-dealkylation sites (N-methyl/N-ethyl adjacent to an activating group) is 1. The van der Waals surface area contributed by atoms with E-state index in [2.05, 4.69) is 15.7 Å². The summed E-state index contributed by atoms with van der Waals surface area (Å²) in [6.07, 6.45) is 8.84. The van der Waals surface area contributed by atoms with Crippen LogP contribution in [0.5, 0.6) is 5.75 Å². The lowest BCUT2D eigenvalue weighted by Gasteiger charge is -2.50. The number of nitrogens with one attached hydrogen (secondary N) is 2. The summed E-state index contributed by atoms with van der Waals surface area (Å²) in [5.74, 6) is -0.373. The van der Waals surface area contributed by atoms with E-state index in [0.717, 1.165) is 29.7 Å². The third-order valence-electron chi connectivity index (χ3n) is 10.9. The van der Waals surface area contributed by atoms with E-state index in [0.29, 0.717) is 44.3 Å². The molecule has 6 rings (SSSR count). The average Bonchev–Trinajstić information content (AvgIpc) is 3.79. The van der Waals surface area contributed by atoms with Crippen molar-refractivity contribution in [2.75, 3.05) is 39.8 Å². The van der Waals surface area contributed by atoms with Crippen LogP contribution in [-0.2, 0) is 32.1 Å². The average molecular weight is 727 g/mol. The second-order valence-electron chi connectivity index (χ2n) is 15.4. The summed E-state index contributed by atoms with van der Waals surface area (Å²) in [5.41, 5.74) is 1.70. The third-order valence-corrected chi connectivity index (χ3v) is 10.9. The molecular formula is C41H54N6O6. The first-order valence-electron chi connectivity index (χ1n) is 19.1. The Bertz CT molecular complexity index is 1710. The molecule has 3 heterocycles. The Morgan fingerprint density at radius 2 is 1.60 bits per heavy atom. The third kappa shape index (κ3) is 9.27. The van der Waals surface area contributed by atoms with Gasteiger partial charge in [0.15, 0.2) is 0 Å². The van der Waals surface area contributed by atoms with Crippen molar-refractivity contribution in [2.24, 2.45) is 17.3 Å². The number of rotatable bonds is 14. The van der Waals surface area contributed by atoms with Gasteiger partial charge in [0.1, 0.15) is 11.8 Å². The van der Waals surface area contributed by atoms with Crippen molar-refractivity contribution < 1.29 is 28.7 Å². The molecule has 2 aromatic carbocycles. The minimum absolute atomic E-state index is 0.0488. The Balaban J connectivity index is 1.16. The van der Waals surface area contributed by atoms with Gasteiger partial charge >= 0.3 is 0 Å². The van der Waals surface area contributed by atoms with E-state index in [1.54, 1.807) is 33.9 Å². The number of benzene rings is 2. The number of hydrogen-bond donors (Lipinski definition) is 2. The van der Waals surface area contributed by atoms with Gasteiger partial charge in [-0.05, 0) is 62.8 Å². The van der Waals surface area contributed by atoms with Gasteiger partial charge in [0.2, 0.25) is 17.7 Å². The van der Waals surface area contributed by atoms with Crippen molar-refractivity contribution in [1.82, 2.24) is 30.2 Å². The number of nitrogens with zero attached hydrogens (tertiary/aromatic N) is 4. The fourth-order valence-corrected chi connectivity index (χ4v) is 8.00. The van der Waals surface area contributed by atoms with Crippen molar-refractivity contribution in [1.29, 1.82) is 0 Å². The van der Waals surface area contributed by atoms with Crippen LogP contribution >= 0.6 is 0 Å². The molecule has 1 spiro atoms. The van der Waals surface area contributed by atoms with Crippen molar-refractivity contribution in [3.63, 3.8) is 0 Å². The summed E-state index contributed by atoms with van der Waals surface area (Å²) >= 11 is 0. The molecule has 2 aliphatic heterocycles. The summed E-state index contributed by atoms with van der Waals surface area (Å²) in [6, 6.07) is 16.5. The summed E-state index contributed by atoms with van der Waals surface area (Å²) in [6.45, 7) is 7.93. The molecule has 0 bridgehead atoms. The standard InChI is InChI=1S/C41H54N6O6/c1-28(2)53-34-17-15-30(16-18-34)19-36(48)46-26-41(27-46)25-45(40(51)33-20-43-47(22-33)21-31-11-7-5-8-12-31)23-35(41)38(49)44-37(39(50)42-4)29(3)52-24-32-13-9-6-10-14-32/h5,7-8,11-12,15-18,20,22,28-29,32,35,37H,6,9-10,13-14,19,21,23-27H2,1-4H3,(H,42,50)(H,44,49)/t29-,35+,37+/m1/s1. The molecule has 2 saturated heterocycles. The van der Waals surface area contributed by atoms with Gasteiger partial charge in [-0.25, -0.2) is 0 Å². The molecular weight excluding hydrogens is 672 g/mol. The second kappa shape index (κ2) is 17.0. The van der Waals surface area contributed by atoms with Gasteiger partial charge in [-0.1, -0.05) is 61.7 Å². The van der Waals surface area contributed by atoms with E-state index < -0.39 is 23.5 Å². The molecule has 2 N–H and O–H groups in total. The largest absolute Gasteiger partial charge is 0.491 e. The number of carbonyl (C=O) groups is 4. The minimum Gasteiger partial charge on any atom is -0.491 e. The van der Waals surface area contributed by atoms with E-state index in [9.17, 15) is 19.2 Å².